The maximum Gasteiger partial charge on any atom is 0.410 e. The Morgan fingerprint density at radius 1 is 1.17 bits per heavy atom. The number of hydrogen-bond donors (Lipinski definition) is 2. The van der Waals surface area contributed by atoms with Crippen LogP contribution in [0.25, 0.3) is 0 Å². The molecule has 0 aromatic heterocycles. The van der Waals surface area contributed by atoms with E-state index in [2.05, 4.69) is 30.0 Å². The number of rotatable bonds is 11. The molecule has 1 saturated heterocycles. The van der Waals surface area contributed by atoms with Crippen LogP contribution in [0.4, 0.5) is 4.79 Å². The number of nitrogens with zero attached hydrogens (tertiary/aromatic N) is 2. The molecule has 0 radical (unpaired) electrons. The molecule has 1 saturated carbocycles. The van der Waals surface area contributed by atoms with E-state index in [4.69, 9.17) is 4.74 Å². The first-order valence-electron chi connectivity index (χ1n) is 14.9. The molecule has 2 aliphatic rings. The molecule has 1 aliphatic heterocycles. The van der Waals surface area contributed by atoms with Crippen molar-refractivity contribution in [2.75, 3.05) is 26.2 Å². The summed E-state index contributed by atoms with van der Waals surface area (Å²) in [5.41, 5.74) is -0.731. The number of carboxylic acid groups (broad SMARTS) is 1. The van der Waals surface area contributed by atoms with E-state index in [1.54, 1.807) is 17.9 Å². The largest absolute Gasteiger partial charge is 0.477 e. The summed E-state index contributed by atoms with van der Waals surface area (Å²) in [5.74, 6) is 4.96. The Kier molecular flexibility index (Phi) is 19.5. The molecule has 0 aromatic carbocycles. The summed E-state index contributed by atoms with van der Waals surface area (Å²) in [6.45, 7) is 15.6. The SMILES string of the molecule is C#C.C/C=C(/C#CC(C)(C)C)S/C(=C/N(C=O)C(C)CCN(CC)C(=O)OC1(C)CCNC1)C(=O)O.C1CCCCC1. The van der Waals surface area contributed by atoms with Crippen LogP contribution in [-0.2, 0) is 14.3 Å². The van der Waals surface area contributed by atoms with E-state index < -0.39 is 11.6 Å². The number of aliphatic carboxylic acids is 1. The molecule has 1 aliphatic carbocycles. The van der Waals surface area contributed by atoms with Gasteiger partial charge in [-0.3, -0.25) is 4.79 Å². The molecular formula is C33H53N3O5S. The molecule has 0 bridgehead atoms. The molecule has 8 nitrogen and oxygen atoms in total. The van der Waals surface area contributed by atoms with Gasteiger partial charge in [0.25, 0.3) is 0 Å². The molecule has 236 valence electrons. The van der Waals surface area contributed by atoms with Crippen LogP contribution in [0.15, 0.2) is 22.1 Å². The number of hydrogen-bond acceptors (Lipinski definition) is 6. The Labute approximate surface area is 259 Å². The number of nitrogens with one attached hydrogen (secondary N) is 1. The fraction of sp³-hybridized carbons (Fsp3) is 0.667. The molecule has 9 heteroatoms. The molecule has 2 atom stereocenters. The zero-order valence-electron chi connectivity index (χ0n) is 26.8. The highest BCUT2D eigenvalue weighted by atomic mass is 32.2. The standard InChI is InChI=1S/C25H39N3O5S.C6H12.C2H2/c1-8-20(10-12-24(4,5)6)34-21(22(30)31)16-28(18-29)19(3)11-15-27(9-2)23(32)33-25(7)13-14-26-17-25;1-2-4-6-5-3-1;1-2/h8,16,18-19,26H,9,11,13-15,17H2,1-7H3,(H,30,31);1-6H2;1-2H/b20-8-,21-16+;;. The van der Waals surface area contributed by atoms with E-state index in [1.807, 2.05) is 41.5 Å². The smallest absolute Gasteiger partial charge is 0.410 e. The number of allylic oxidation sites excluding steroid dienone is 2. The third-order valence-electron chi connectivity index (χ3n) is 6.77. The van der Waals surface area contributed by atoms with Gasteiger partial charge in [-0.1, -0.05) is 68.2 Å². The number of ether oxygens (including phenoxy) is 1. The van der Waals surface area contributed by atoms with Gasteiger partial charge < -0.3 is 25.0 Å². The zero-order valence-corrected chi connectivity index (χ0v) is 27.6. The van der Waals surface area contributed by atoms with Gasteiger partial charge in [-0.15, -0.1) is 12.8 Å². The van der Waals surface area contributed by atoms with Crippen LogP contribution in [-0.4, -0.2) is 71.2 Å². The average molecular weight is 604 g/mol. The van der Waals surface area contributed by atoms with E-state index in [0.717, 1.165) is 24.7 Å². The molecule has 1 heterocycles. The normalized spacial score (nSPS) is 19.4. The Bertz CT molecular complexity index is 966. The predicted molar refractivity (Wildman–Crippen MR) is 173 cm³/mol. The summed E-state index contributed by atoms with van der Waals surface area (Å²) in [4.78, 5) is 39.7. The van der Waals surface area contributed by atoms with Crippen LogP contribution in [0.3, 0.4) is 0 Å². The lowest BCUT2D eigenvalue weighted by Gasteiger charge is -2.30. The number of amides is 2. The summed E-state index contributed by atoms with van der Waals surface area (Å²) in [6, 6.07) is -0.326. The van der Waals surface area contributed by atoms with Crippen LogP contribution in [0.2, 0.25) is 0 Å². The second-order valence-corrected chi connectivity index (χ2v) is 12.8. The van der Waals surface area contributed by atoms with Crippen LogP contribution in [0.1, 0.15) is 99.8 Å². The summed E-state index contributed by atoms with van der Waals surface area (Å²) in [6.07, 6.45) is 21.5. The Morgan fingerprint density at radius 2 is 1.74 bits per heavy atom. The van der Waals surface area contributed by atoms with Crippen LogP contribution < -0.4 is 5.32 Å². The van der Waals surface area contributed by atoms with Crippen molar-refractivity contribution in [3.05, 3.63) is 22.1 Å². The van der Waals surface area contributed by atoms with Gasteiger partial charge in [0.15, 0.2) is 0 Å². The lowest BCUT2D eigenvalue weighted by atomic mass is 9.98. The summed E-state index contributed by atoms with van der Waals surface area (Å²) in [7, 11) is 0. The van der Waals surface area contributed by atoms with Gasteiger partial charge in [0.05, 0.1) is 4.91 Å². The zero-order chi connectivity index (χ0) is 32.2. The molecule has 2 fully saturated rings. The first-order chi connectivity index (χ1) is 19.8. The number of terminal acetylenes is 1. The second-order valence-electron chi connectivity index (χ2n) is 11.7. The van der Waals surface area contributed by atoms with Gasteiger partial charge in [0.1, 0.15) is 10.5 Å². The van der Waals surface area contributed by atoms with Gasteiger partial charge in [0, 0.05) is 43.7 Å². The molecular weight excluding hydrogens is 550 g/mol. The van der Waals surface area contributed by atoms with E-state index in [0.29, 0.717) is 37.4 Å². The van der Waals surface area contributed by atoms with Crippen molar-refractivity contribution in [2.45, 2.75) is 111 Å². The Hall–Kier alpha value is -2.88. The van der Waals surface area contributed by atoms with Gasteiger partial charge in [-0.05, 0) is 61.4 Å². The maximum atomic E-state index is 12.6. The van der Waals surface area contributed by atoms with Crippen LogP contribution in [0.5, 0.6) is 0 Å². The number of carboxylic acids is 1. The fourth-order valence-electron chi connectivity index (χ4n) is 4.13. The molecule has 0 aromatic rings. The van der Waals surface area contributed by atoms with Gasteiger partial charge >= 0.3 is 12.1 Å². The highest BCUT2D eigenvalue weighted by Gasteiger charge is 2.34. The van der Waals surface area contributed by atoms with E-state index in [1.165, 1.54) is 49.6 Å². The maximum absolute atomic E-state index is 12.6. The number of carbonyl (C=O) groups excluding carboxylic acids is 2. The van der Waals surface area contributed by atoms with Gasteiger partial charge in [-0.25, -0.2) is 9.59 Å². The monoisotopic (exact) mass is 603 g/mol. The predicted octanol–water partition coefficient (Wildman–Crippen LogP) is 6.64. The molecule has 2 rings (SSSR count). The van der Waals surface area contributed by atoms with Gasteiger partial charge in [-0.2, -0.15) is 0 Å². The first-order valence-corrected chi connectivity index (χ1v) is 15.7. The minimum Gasteiger partial charge on any atom is -0.477 e. The fourth-order valence-corrected chi connectivity index (χ4v) is 4.85. The van der Waals surface area contributed by atoms with E-state index in [-0.39, 0.29) is 22.5 Å². The molecule has 0 spiro atoms. The van der Waals surface area contributed by atoms with Crippen molar-refractivity contribution in [1.82, 2.24) is 15.1 Å². The lowest BCUT2D eigenvalue weighted by molar-refractivity contribution is -0.131. The third kappa shape index (κ3) is 16.5. The van der Waals surface area contributed by atoms with E-state index in [9.17, 15) is 19.5 Å². The quantitative estimate of drug-likeness (QED) is 0.155. The van der Waals surface area contributed by atoms with Crippen molar-refractivity contribution < 1.29 is 24.2 Å². The minimum atomic E-state index is -1.14. The number of thioether (sulfide) groups is 1. The Morgan fingerprint density at radius 3 is 2.14 bits per heavy atom. The summed E-state index contributed by atoms with van der Waals surface area (Å²) >= 11 is 1.01. The van der Waals surface area contributed by atoms with Crippen LogP contribution in [0, 0.1) is 30.1 Å². The Balaban J connectivity index is 0.00000182. The summed E-state index contributed by atoms with van der Waals surface area (Å²) in [5, 5.41) is 12.9. The molecule has 2 unspecified atom stereocenters. The lowest BCUT2D eigenvalue weighted by Crippen LogP contribution is -2.42. The highest BCUT2D eigenvalue weighted by molar-refractivity contribution is 8.07. The topological polar surface area (TPSA) is 99.2 Å². The van der Waals surface area contributed by atoms with Crippen molar-refractivity contribution in [3.63, 3.8) is 0 Å². The van der Waals surface area contributed by atoms with Crippen molar-refractivity contribution in [3.8, 4) is 24.7 Å². The highest BCUT2D eigenvalue weighted by Crippen LogP contribution is 2.27. The molecule has 42 heavy (non-hydrogen) atoms. The number of carbonyl (C=O) groups is 3. The van der Waals surface area contributed by atoms with Crippen molar-refractivity contribution in [1.29, 1.82) is 0 Å². The van der Waals surface area contributed by atoms with Crippen molar-refractivity contribution >= 4 is 30.2 Å². The van der Waals surface area contributed by atoms with Gasteiger partial charge in [0.2, 0.25) is 6.41 Å². The minimum absolute atomic E-state index is 0.0105. The molecule has 2 amide bonds. The van der Waals surface area contributed by atoms with E-state index >= 15 is 0 Å². The second kappa shape index (κ2) is 20.9. The third-order valence-corrected chi connectivity index (χ3v) is 7.83. The molecule has 2 N–H and O–H groups in total. The van der Waals surface area contributed by atoms with Crippen LogP contribution >= 0.6 is 11.8 Å². The summed E-state index contributed by atoms with van der Waals surface area (Å²) < 4.78 is 5.70. The first kappa shape index (κ1) is 39.1. The average Bonchev–Trinajstić information content (AvgIpc) is 3.40. The van der Waals surface area contributed by atoms with Crippen molar-refractivity contribution in [2.24, 2.45) is 5.41 Å².